The molecule has 0 unspecified atom stereocenters. The molecule has 1 atom stereocenters. The quantitative estimate of drug-likeness (QED) is 0.375. The molecule has 1 aliphatic rings. The number of carbonyl (C=O) groups is 3. The first kappa shape index (κ1) is 28.9. The van der Waals surface area contributed by atoms with E-state index in [4.69, 9.17) is 5.11 Å². The Balaban J connectivity index is 1.65. The van der Waals surface area contributed by atoms with Crippen LogP contribution in [0.25, 0.3) is 10.9 Å². The second-order valence-corrected chi connectivity index (χ2v) is 9.42. The van der Waals surface area contributed by atoms with Gasteiger partial charge in [0.15, 0.2) is 0 Å². The van der Waals surface area contributed by atoms with Crippen LogP contribution in [0.15, 0.2) is 48.7 Å². The van der Waals surface area contributed by atoms with E-state index in [2.05, 4.69) is 10.3 Å². The zero-order valence-electron chi connectivity index (χ0n) is 20.8. The van der Waals surface area contributed by atoms with Crippen molar-refractivity contribution in [3.63, 3.8) is 0 Å². The number of benzene rings is 2. The van der Waals surface area contributed by atoms with Gasteiger partial charge in [-0.25, -0.2) is 0 Å². The Morgan fingerprint density at radius 2 is 1.62 bits per heavy atom. The molecule has 1 saturated heterocycles. The lowest BCUT2D eigenvalue weighted by Crippen LogP contribution is -2.57. The van der Waals surface area contributed by atoms with Crippen LogP contribution in [-0.4, -0.2) is 76.4 Å². The summed E-state index contributed by atoms with van der Waals surface area (Å²) in [5, 5.41) is 11.8. The average Bonchev–Trinajstić information content (AvgIpc) is 3.29. The van der Waals surface area contributed by atoms with Gasteiger partial charge in [0.1, 0.15) is 6.54 Å². The minimum Gasteiger partial charge on any atom is -0.480 e. The van der Waals surface area contributed by atoms with E-state index in [0.29, 0.717) is 12.1 Å². The van der Waals surface area contributed by atoms with Crippen molar-refractivity contribution in [3.05, 3.63) is 70.9 Å². The number of para-hydroxylation sites is 1. The van der Waals surface area contributed by atoms with Crippen LogP contribution in [0.3, 0.4) is 0 Å². The second-order valence-electron chi connectivity index (χ2n) is 9.42. The predicted octanol–water partition coefficient (Wildman–Crippen LogP) is 3.78. The third-order valence-corrected chi connectivity index (χ3v) is 6.60. The molecule has 0 aliphatic carbocycles. The number of aliphatic carboxylic acids is 1. The molecule has 0 bridgehead atoms. The molecule has 3 aromatic rings. The Morgan fingerprint density at radius 1 is 0.975 bits per heavy atom. The fourth-order valence-electron chi connectivity index (χ4n) is 4.74. The highest BCUT2D eigenvalue weighted by Crippen LogP contribution is 2.37. The van der Waals surface area contributed by atoms with Gasteiger partial charge in [-0.3, -0.25) is 19.3 Å². The third kappa shape index (κ3) is 6.73. The van der Waals surface area contributed by atoms with Crippen molar-refractivity contribution < 1.29 is 45.8 Å². The number of piperazine rings is 1. The van der Waals surface area contributed by atoms with E-state index in [1.807, 2.05) is 18.2 Å². The Kier molecular flexibility index (Phi) is 8.10. The molecule has 1 aromatic heterocycles. The first-order valence-electron chi connectivity index (χ1n) is 12.1. The van der Waals surface area contributed by atoms with Gasteiger partial charge in [0, 0.05) is 48.3 Å². The molecule has 2 heterocycles. The van der Waals surface area contributed by atoms with Crippen LogP contribution in [0.1, 0.15) is 27.0 Å². The van der Waals surface area contributed by atoms with Gasteiger partial charge in [-0.1, -0.05) is 18.2 Å². The van der Waals surface area contributed by atoms with Crippen molar-refractivity contribution in [1.82, 2.24) is 20.1 Å². The van der Waals surface area contributed by atoms with E-state index in [1.54, 1.807) is 17.2 Å². The molecule has 0 radical (unpaired) electrons. The summed E-state index contributed by atoms with van der Waals surface area (Å²) in [5.74, 6) is -2.82. The Bertz CT molecular complexity index is 1390. The summed E-state index contributed by atoms with van der Waals surface area (Å²) < 4.78 is 80.6. The fourth-order valence-corrected chi connectivity index (χ4v) is 4.74. The van der Waals surface area contributed by atoms with Crippen LogP contribution in [0.4, 0.5) is 26.3 Å². The summed E-state index contributed by atoms with van der Waals surface area (Å²) >= 11 is 0. The summed E-state index contributed by atoms with van der Waals surface area (Å²) in [4.78, 5) is 42.4. The highest BCUT2D eigenvalue weighted by Gasteiger charge is 2.39. The molecule has 0 saturated carbocycles. The molecule has 214 valence electrons. The maximum atomic E-state index is 13.5. The van der Waals surface area contributed by atoms with Crippen LogP contribution < -0.4 is 5.32 Å². The number of hydrogen-bond donors (Lipinski definition) is 3. The van der Waals surface area contributed by atoms with E-state index >= 15 is 0 Å². The first-order chi connectivity index (χ1) is 18.7. The maximum Gasteiger partial charge on any atom is 0.416 e. The number of alkyl halides is 6. The van der Waals surface area contributed by atoms with Gasteiger partial charge < -0.3 is 20.3 Å². The highest BCUT2D eigenvalue weighted by molar-refractivity contribution is 5.95. The number of fused-ring (bicyclic) bond motifs is 1. The largest absolute Gasteiger partial charge is 0.480 e. The molecular formula is C26H24F6N4O4. The minimum absolute atomic E-state index is 0.0339. The zero-order chi connectivity index (χ0) is 29.2. The van der Waals surface area contributed by atoms with E-state index in [0.717, 1.165) is 16.5 Å². The fraction of sp³-hybridized carbons (Fsp3) is 0.346. The molecule has 1 fully saturated rings. The number of amides is 2. The minimum atomic E-state index is -5.11. The lowest BCUT2D eigenvalue weighted by molar-refractivity contribution is -0.143. The number of hydrogen-bond acceptors (Lipinski definition) is 4. The van der Waals surface area contributed by atoms with Gasteiger partial charge in [-0.05, 0) is 36.2 Å². The maximum absolute atomic E-state index is 13.5. The van der Waals surface area contributed by atoms with Crippen LogP contribution in [-0.2, 0) is 28.4 Å². The number of rotatable bonds is 7. The van der Waals surface area contributed by atoms with Crippen LogP contribution in [0.5, 0.6) is 0 Å². The highest BCUT2D eigenvalue weighted by atomic mass is 19.4. The second kappa shape index (κ2) is 11.2. The number of aromatic amines is 1. The van der Waals surface area contributed by atoms with Gasteiger partial charge in [-0.15, -0.1) is 0 Å². The number of nitrogens with one attached hydrogen (secondary N) is 2. The molecule has 4 rings (SSSR count). The Labute approximate surface area is 223 Å². The van der Waals surface area contributed by atoms with Gasteiger partial charge >= 0.3 is 18.3 Å². The van der Waals surface area contributed by atoms with Crippen LogP contribution >= 0.6 is 0 Å². The van der Waals surface area contributed by atoms with E-state index in [9.17, 15) is 40.7 Å². The molecule has 3 N–H and O–H groups in total. The summed E-state index contributed by atoms with van der Waals surface area (Å²) in [6.45, 7) is -0.733. The van der Waals surface area contributed by atoms with Crippen LogP contribution in [0.2, 0.25) is 0 Å². The molecule has 2 aromatic carbocycles. The average molecular weight is 570 g/mol. The normalized spacial score (nSPS) is 16.8. The number of carboxylic acids is 1. The van der Waals surface area contributed by atoms with Crippen molar-refractivity contribution in [2.45, 2.75) is 24.8 Å². The summed E-state index contributed by atoms with van der Waals surface area (Å²) in [7, 11) is 0. The molecule has 8 nitrogen and oxygen atoms in total. The topological polar surface area (TPSA) is 106 Å². The summed E-state index contributed by atoms with van der Waals surface area (Å²) in [6, 6.07) is 7.31. The standard InChI is InChI=1S/C26H24F6N4O4/c27-25(28,29)17-7-15(8-18(10-17)26(30,31)32)24(40)36-6-5-35(14-22(37)34-12-23(38)39)13-19(36)9-16-11-33-21-4-2-1-3-20(16)21/h1-4,7-8,10-11,19,33H,5-6,9,12-14H2,(H,34,37)(H,38,39)/t19-/m1/s1. The van der Waals surface area contributed by atoms with Gasteiger partial charge in [-0.2, -0.15) is 26.3 Å². The number of aromatic nitrogens is 1. The van der Waals surface area contributed by atoms with Crippen molar-refractivity contribution in [1.29, 1.82) is 0 Å². The molecule has 1 aliphatic heterocycles. The number of H-pyrrole nitrogens is 1. The number of nitrogens with zero attached hydrogens (tertiary/aromatic N) is 2. The Hall–Kier alpha value is -4.07. The van der Waals surface area contributed by atoms with E-state index < -0.39 is 59.4 Å². The van der Waals surface area contributed by atoms with Gasteiger partial charge in [0.2, 0.25) is 5.91 Å². The van der Waals surface area contributed by atoms with Crippen molar-refractivity contribution in [2.24, 2.45) is 0 Å². The van der Waals surface area contributed by atoms with Crippen molar-refractivity contribution in [2.75, 3.05) is 32.7 Å². The van der Waals surface area contributed by atoms with E-state index in [-0.39, 0.29) is 38.7 Å². The zero-order valence-corrected chi connectivity index (χ0v) is 20.8. The smallest absolute Gasteiger partial charge is 0.416 e. The monoisotopic (exact) mass is 570 g/mol. The lowest BCUT2D eigenvalue weighted by atomic mass is 9.98. The van der Waals surface area contributed by atoms with E-state index in [1.165, 1.54) is 4.90 Å². The number of carbonyl (C=O) groups excluding carboxylic acids is 2. The Morgan fingerprint density at radius 3 is 2.25 bits per heavy atom. The molecular weight excluding hydrogens is 546 g/mol. The first-order valence-corrected chi connectivity index (χ1v) is 12.1. The number of halogens is 6. The van der Waals surface area contributed by atoms with Gasteiger partial charge in [0.25, 0.3) is 5.91 Å². The van der Waals surface area contributed by atoms with Crippen molar-refractivity contribution in [3.8, 4) is 0 Å². The van der Waals surface area contributed by atoms with Gasteiger partial charge in [0.05, 0.1) is 17.7 Å². The lowest BCUT2D eigenvalue weighted by Gasteiger charge is -2.41. The molecule has 40 heavy (non-hydrogen) atoms. The van der Waals surface area contributed by atoms with Crippen molar-refractivity contribution >= 4 is 28.7 Å². The SMILES string of the molecule is O=C(O)CNC(=O)CN1CCN(C(=O)c2cc(C(F)(F)F)cc(C(F)(F)F)c2)[C@H](Cc2c[nH]c3ccccc23)C1. The summed E-state index contributed by atoms with van der Waals surface area (Å²) in [5.41, 5.74) is -2.38. The third-order valence-electron chi connectivity index (χ3n) is 6.60. The molecule has 2 amide bonds. The molecule has 14 heteroatoms. The predicted molar refractivity (Wildman–Crippen MR) is 130 cm³/mol. The molecule has 0 spiro atoms. The number of carboxylic acid groups (broad SMARTS) is 1. The van der Waals surface area contributed by atoms with Crippen LogP contribution in [0, 0.1) is 0 Å². The summed E-state index contributed by atoms with van der Waals surface area (Å²) in [6.07, 6.45) is -8.32.